The van der Waals surface area contributed by atoms with Crippen LogP contribution in [0.3, 0.4) is 0 Å². The number of carbonyl (C=O) groups excluding carboxylic acids is 2. The molecule has 6 nitrogen and oxygen atoms in total. The van der Waals surface area contributed by atoms with E-state index in [9.17, 15) is 14.7 Å². The van der Waals surface area contributed by atoms with Crippen LogP contribution in [0.15, 0.2) is 42.5 Å². The van der Waals surface area contributed by atoms with E-state index in [0.717, 1.165) is 16.9 Å². The Morgan fingerprint density at radius 1 is 1.25 bits per heavy atom. The molecule has 8 heteroatoms. The van der Waals surface area contributed by atoms with Gasteiger partial charge in [-0.1, -0.05) is 53.3 Å². The highest BCUT2D eigenvalue weighted by Gasteiger charge is 2.20. The van der Waals surface area contributed by atoms with E-state index < -0.39 is 5.91 Å². The van der Waals surface area contributed by atoms with E-state index >= 15 is 0 Å². The molecule has 2 aromatic carbocycles. The van der Waals surface area contributed by atoms with Crippen molar-refractivity contribution in [1.82, 2.24) is 4.98 Å². The smallest absolute Gasteiger partial charge is 0.257 e. The molecule has 0 aliphatic heterocycles. The van der Waals surface area contributed by atoms with Crippen molar-refractivity contribution in [1.29, 1.82) is 0 Å². The van der Waals surface area contributed by atoms with Crippen molar-refractivity contribution in [2.24, 2.45) is 0 Å². The van der Waals surface area contributed by atoms with Gasteiger partial charge in [0.1, 0.15) is 0 Å². The van der Waals surface area contributed by atoms with E-state index in [0.29, 0.717) is 17.2 Å². The standard InChI is InChI=1S/C20H17ClN2O4S/c1-3-27-15-10-13(9-14(21)17(15)25)19(26)23-20-22-16(18(28-20)11(2)24)12-7-5-4-6-8-12/h4-10,25H,3H2,1-2H3,(H,22,23,26). The molecule has 3 rings (SSSR count). The SMILES string of the molecule is CCOc1cc(C(=O)Nc2nc(-c3ccccc3)c(C(C)=O)s2)cc(Cl)c1O. The van der Waals surface area contributed by atoms with Gasteiger partial charge in [0, 0.05) is 18.1 Å². The number of carbonyl (C=O) groups is 2. The fraction of sp³-hybridized carbons (Fsp3) is 0.150. The molecule has 0 aliphatic carbocycles. The van der Waals surface area contributed by atoms with Crippen LogP contribution in [0.5, 0.6) is 11.5 Å². The number of benzene rings is 2. The number of thiazole rings is 1. The van der Waals surface area contributed by atoms with Gasteiger partial charge >= 0.3 is 0 Å². The zero-order valence-corrected chi connectivity index (χ0v) is 16.7. The molecule has 0 fully saturated rings. The molecule has 0 aliphatic rings. The number of hydrogen-bond donors (Lipinski definition) is 2. The highest BCUT2D eigenvalue weighted by Crippen LogP contribution is 2.36. The Labute approximate surface area is 170 Å². The van der Waals surface area contributed by atoms with Crippen LogP contribution >= 0.6 is 22.9 Å². The lowest BCUT2D eigenvalue weighted by atomic mass is 10.1. The third kappa shape index (κ3) is 4.16. The van der Waals surface area contributed by atoms with E-state index in [4.69, 9.17) is 16.3 Å². The summed E-state index contributed by atoms with van der Waals surface area (Å²) in [4.78, 5) is 29.5. The number of nitrogens with one attached hydrogen (secondary N) is 1. The molecule has 0 unspecified atom stereocenters. The number of amides is 1. The van der Waals surface area contributed by atoms with E-state index in [1.807, 2.05) is 30.3 Å². The number of rotatable bonds is 6. The van der Waals surface area contributed by atoms with Crippen LogP contribution in [0.4, 0.5) is 5.13 Å². The number of ether oxygens (including phenoxy) is 1. The highest BCUT2D eigenvalue weighted by atomic mass is 35.5. The van der Waals surface area contributed by atoms with Gasteiger partial charge in [-0.15, -0.1) is 0 Å². The number of phenols is 1. The molecular weight excluding hydrogens is 400 g/mol. The van der Waals surface area contributed by atoms with Crippen molar-refractivity contribution in [2.75, 3.05) is 11.9 Å². The number of anilines is 1. The summed E-state index contributed by atoms with van der Waals surface area (Å²) in [5.74, 6) is -0.720. The first-order chi connectivity index (χ1) is 13.4. The van der Waals surface area contributed by atoms with Crippen molar-refractivity contribution >= 4 is 39.8 Å². The summed E-state index contributed by atoms with van der Waals surface area (Å²) in [6.45, 7) is 3.52. The van der Waals surface area contributed by atoms with E-state index in [2.05, 4.69) is 10.3 Å². The van der Waals surface area contributed by atoms with Crippen LogP contribution in [0.2, 0.25) is 5.02 Å². The van der Waals surface area contributed by atoms with Crippen LogP contribution in [0.25, 0.3) is 11.3 Å². The maximum atomic E-state index is 12.6. The third-order valence-electron chi connectivity index (χ3n) is 3.81. The number of phenolic OH excluding ortho intramolecular Hbond substituents is 1. The van der Waals surface area contributed by atoms with Gasteiger partial charge in [-0.05, 0) is 19.1 Å². The number of halogens is 1. The Hall–Kier alpha value is -2.90. The predicted molar refractivity (Wildman–Crippen MR) is 110 cm³/mol. The second-order valence-electron chi connectivity index (χ2n) is 5.81. The Balaban J connectivity index is 1.92. The molecule has 0 saturated heterocycles. The number of ketones is 1. The van der Waals surface area contributed by atoms with E-state index in [1.54, 1.807) is 6.92 Å². The molecule has 0 saturated carbocycles. The fourth-order valence-electron chi connectivity index (χ4n) is 2.54. The molecule has 2 N–H and O–H groups in total. The minimum absolute atomic E-state index is 0.00429. The minimum atomic E-state index is -0.480. The molecule has 3 aromatic rings. The molecule has 0 bridgehead atoms. The molecular formula is C20H17ClN2O4S. The van der Waals surface area contributed by atoms with Gasteiger partial charge in [0.05, 0.1) is 22.2 Å². The third-order valence-corrected chi connectivity index (χ3v) is 5.16. The summed E-state index contributed by atoms with van der Waals surface area (Å²) in [6, 6.07) is 12.0. The van der Waals surface area contributed by atoms with Crippen LogP contribution in [-0.2, 0) is 0 Å². The number of aromatic nitrogens is 1. The first kappa shape index (κ1) is 19.9. The number of hydrogen-bond acceptors (Lipinski definition) is 6. The Morgan fingerprint density at radius 3 is 2.61 bits per heavy atom. The fourth-order valence-corrected chi connectivity index (χ4v) is 3.63. The molecule has 0 atom stereocenters. The van der Waals surface area contributed by atoms with Gasteiger partial charge in [-0.3, -0.25) is 14.9 Å². The maximum absolute atomic E-state index is 12.6. The van der Waals surface area contributed by atoms with Gasteiger partial charge in [0.15, 0.2) is 22.4 Å². The second-order valence-corrected chi connectivity index (χ2v) is 7.22. The van der Waals surface area contributed by atoms with Gasteiger partial charge in [-0.2, -0.15) is 0 Å². The minimum Gasteiger partial charge on any atom is -0.503 e. The summed E-state index contributed by atoms with van der Waals surface area (Å²) >= 11 is 7.09. The van der Waals surface area contributed by atoms with Gasteiger partial charge in [-0.25, -0.2) is 4.98 Å². The zero-order valence-electron chi connectivity index (χ0n) is 15.2. The van der Waals surface area contributed by atoms with Crippen LogP contribution in [0.1, 0.15) is 33.9 Å². The lowest BCUT2D eigenvalue weighted by molar-refractivity contribution is 0.101. The van der Waals surface area contributed by atoms with E-state index in [-0.39, 0.29) is 33.0 Å². The molecule has 1 amide bonds. The first-order valence-electron chi connectivity index (χ1n) is 8.44. The van der Waals surface area contributed by atoms with Gasteiger partial charge < -0.3 is 9.84 Å². The van der Waals surface area contributed by atoms with Crippen molar-refractivity contribution in [3.8, 4) is 22.8 Å². The average molecular weight is 417 g/mol. The Bertz CT molecular complexity index is 1030. The van der Waals surface area contributed by atoms with Crippen molar-refractivity contribution in [2.45, 2.75) is 13.8 Å². The first-order valence-corrected chi connectivity index (χ1v) is 9.64. The second kappa shape index (κ2) is 8.41. The largest absolute Gasteiger partial charge is 0.503 e. The van der Waals surface area contributed by atoms with Crippen LogP contribution < -0.4 is 10.1 Å². The summed E-state index contributed by atoms with van der Waals surface area (Å²) < 4.78 is 5.30. The van der Waals surface area contributed by atoms with Crippen LogP contribution in [-0.4, -0.2) is 28.4 Å². The summed E-state index contributed by atoms with van der Waals surface area (Å²) in [7, 11) is 0. The number of nitrogens with zero attached hydrogens (tertiary/aromatic N) is 1. The molecule has 28 heavy (non-hydrogen) atoms. The topological polar surface area (TPSA) is 88.5 Å². The van der Waals surface area contributed by atoms with Crippen molar-refractivity contribution in [3.63, 3.8) is 0 Å². The zero-order chi connectivity index (χ0) is 20.3. The highest BCUT2D eigenvalue weighted by molar-refractivity contribution is 7.18. The molecule has 0 spiro atoms. The number of aromatic hydroxyl groups is 1. The monoisotopic (exact) mass is 416 g/mol. The average Bonchev–Trinajstić information content (AvgIpc) is 3.10. The quantitative estimate of drug-likeness (QED) is 0.550. The maximum Gasteiger partial charge on any atom is 0.257 e. The molecule has 1 heterocycles. The van der Waals surface area contributed by atoms with E-state index in [1.165, 1.54) is 19.1 Å². The van der Waals surface area contributed by atoms with Gasteiger partial charge in [0.2, 0.25) is 0 Å². The van der Waals surface area contributed by atoms with Crippen molar-refractivity contribution < 1.29 is 19.4 Å². The lowest BCUT2D eigenvalue weighted by Crippen LogP contribution is -2.12. The van der Waals surface area contributed by atoms with Crippen LogP contribution in [0, 0.1) is 0 Å². The Kier molecular flexibility index (Phi) is 5.96. The normalized spacial score (nSPS) is 10.5. The summed E-state index contributed by atoms with van der Waals surface area (Å²) in [5, 5.41) is 12.9. The summed E-state index contributed by atoms with van der Waals surface area (Å²) in [5.41, 5.74) is 1.51. The lowest BCUT2D eigenvalue weighted by Gasteiger charge is -2.09. The summed E-state index contributed by atoms with van der Waals surface area (Å²) in [6.07, 6.45) is 0. The molecule has 0 radical (unpaired) electrons. The predicted octanol–water partition coefficient (Wildman–Crippen LogP) is 5.02. The van der Waals surface area contributed by atoms with Gasteiger partial charge in [0.25, 0.3) is 5.91 Å². The Morgan fingerprint density at radius 2 is 1.96 bits per heavy atom. The van der Waals surface area contributed by atoms with Crippen molar-refractivity contribution in [3.05, 3.63) is 57.9 Å². The number of Topliss-reactive ketones (excluding diaryl/α,β-unsaturated/α-hetero) is 1. The molecule has 1 aromatic heterocycles. The molecule has 144 valence electrons.